The first-order chi connectivity index (χ1) is 9.65. The molecule has 1 aliphatic rings. The third-order valence-electron chi connectivity index (χ3n) is 2.73. The second kappa shape index (κ2) is 5.08. The van der Waals surface area contributed by atoms with E-state index >= 15 is 0 Å². The van der Waals surface area contributed by atoms with Gasteiger partial charge >= 0.3 is 0 Å². The standard InChI is InChI=1S/C13H10IN5O/c1-7-18-13(19-20-7)12-10(15)11(16-6-17-12)8-2-4-9(14)5-3-8/h2-6H,1,15H2,(H,18,19). The highest BCUT2D eigenvalue weighted by molar-refractivity contribution is 14.1. The zero-order valence-electron chi connectivity index (χ0n) is 10.3. The van der Waals surface area contributed by atoms with Crippen molar-refractivity contribution >= 4 is 34.1 Å². The first kappa shape index (κ1) is 12.9. The fraction of sp³-hybridized carbons (Fsp3) is 0. The molecule has 3 N–H and O–H groups in total. The molecule has 2 heterocycles. The summed E-state index contributed by atoms with van der Waals surface area (Å²) >= 11 is 2.24. The first-order valence-electron chi connectivity index (χ1n) is 5.72. The van der Waals surface area contributed by atoms with E-state index < -0.39 is 0 Å². The summed E-state index contributed by atoms with van der Waals surface area (Å²) in [5, 5.41) is 0. The minimum Gasteiger partial charge on any atom is -0.395 e. The summed E-state index contributed by atoms with van der Waals surface area (Å²) in [5.41, 5.74) is 11.3. The quantitative estimate of drug-likeness (QED) is 0.781. The van der Waals surface area contributed by atoms with Crippen molar-refractivity contribution in [1.29, 1.82) is 0 Å². The van der Waals surface area contributed by atoms with Crippen LogP contribution in [0.2, 0.25) is 0 Å². The molecule has 0 bridgehead atoms. The van der Waals surface area contributed by atoms with E-state index in [2.05, 4.69) is 49.6 Å². The Morgan fingerprint density at radius 3 is 2.50 bits per heavy atom. The molecule has 0 spiro atoms. The van der Waals surface area contributed by atoms with Gasteiger partial charge in [-0.3, -0.25) is 0 Å². The maximum atomic E-state index is 6.15. The molecule has 0 saturated heterocycles. The van der Waals surface area contributed by atoms with Crippen LogP contribution in [0.1, 0.15) is 5.69 Å². The Hall–Kier alpha value is -2.16. The minimum atomic E-state index is 0.272. The van der Waals surface area contributed by atoms with Crippen molar-refractivity contribution in [2.75, 3.05) is 5.73 Å². The van der Waals surface area contributed by atoms with Gasteiger partial charge in [-0.1, -0.05) is 12.1 Å². The lowest BCUT2D eigenvalue weighted by atomic mass is 10.1. The van der Waals surface area contributed by atoms with Crippen LogP contribution in [0.25, 0.3) is 11.3 Å². The van der Waals surface area contributed by atoms with Gasteiger partial charge in [0.1, 0.15) is 12.0 Å². The number of hydrogen-bond acceptors (Lipinski definition) is 6. The molecule has 100 valence electrons. The maximum absolute atomic E-state index is 6.15. The Labute approximate surface area is 128 Å². The molecular formula is C13H10IN5O. The van der Waals surface area contributed by atoms with Crippen LogP contribution in [0.4, 0.5) is 5.69 Å². The summed E-state index contributed by atoms with van der Waals surface area (Å²) in [6, 6.07) is 7.91. The summed E-state index contributed by atoms with van der Waals surface area (Å²) < 4.78 is 1.14. The zero-order chi connectivity index (χ0) is 14.1. The van der Waals surface area contributed by atoms with Gasteiger partial charge in [0, 0.05) is 9.13 Å². The molecule has 3 rings (SSSR count). The number of aliphatic imine (C=N–C) groups is 1. The molecule has 0 fully saturated rings. The van der Waals surface area contributed by atoms with Crippen LogP contribution in [-0.2, 0) is 4.84 Å². The van der Waals surface area contributed by atoms with Gasteiger partial charge in [0.25, 0.3) is 0 Å². The van der Waals surface area contributed by atoms with E-state index in [-0.39, 0.29) is 5.88 Å². The van der Waals surface area contributed by atoms with Crippen LogP contribution in [-0.4, -0.2) is 15.8 Å². The predicted molar refractivity (Wildman–Crippen MR) is 84.5 cm³/mol. The lowest BCUT2D eigenvalue weighted by Gasteiger charge is -2.08. The van der Waals surface area contributed by atoms with Gasteiger partial charge < -0.3 is 10.6 Å². The van der Waals surface area contributed by atoms with E-state index in [0.717, 1.165) is 9.13 Å². The van der Waals surface area contributed by atoms with Crippen LogP contribution in [0.5, 0.6) is 0 Å². The van der Waals surface area contributed by atoms with Crippen molar-refractivity contribution in [3.8, 4) is 11.3 Å². The molecule has 0 unspecified atom stereocenters. The fourth-order valence-corrected chi connectivity index (χ4v) is 2.16. The van der Waals surface area contributed by atoms with E-state index in [0.29, 0.717) is 22.9 Å². The smallest absolute Gasteiger partial charge is 0.240 e. The highest BCUT2D eigenvalue weighted by Crippen LogP contribution is 2.26. The van der Waals surface area contributed by atoms with E-state index in [1.807, 2.05) is 24.3 Å². The average Bonchev–Trinajstić information content (AvgIpc) is 2.87. The number of anilines is 1. The van der Waals surface area contributed by atoms with E-state index in [4.69, 9.17) is 10.6 Å². The van der Waals surface area contributed by atoms with Crippen molar-refractivity contribution in [3.05, 3.63) is 52.3 Å². The van der Waals surface area contributed by atoms with E-state index in [9.17, 15) is 0 Å². The molecule has 2 aromatic rings. The summed E-state index contributed by atoms with van der Waals surface area (Å²) in [6.07, 6.45) is 1.45. The predicted octanol–water partition coefficient (Wildman–Crippen LogP) is 2.08. The highest BCUT2D eigenvalue weighted by Gasteiger charge is 2.19. The van der Waals surface area contributed by atoms with Crippen molar-refractivity contribution in [2.24, 2.45) is 4.99 Å². The number of rotatable bonds is 2. The first-order valence-corrected chi connectivity index (χ1v) is 6.80. The fourth-order valence-electron chi connectivity index (χ4n) is 1.80. The number of nitrogens with zero attached hydrogens (tertiary/aromatic N) is 3. The number of amidine groups is 1. The molecule has 1 aromatic heterocycles. The lowest BCUT2D eigenvalue weighted by Crippen LogP contribution is -2.21. The molecule has 1 aromatic carbocycles. The number of aromatic nitrogens is 2. The number of benzene rings is 1. The van der Waals surface area contributed by atoms with Crippen molar-refractivity contribution in [2.45, 2.75) is 0 Å². The number of hydrogen-bond donors (Lipinski definition) is 2. The van der Waals surface area contributed by atoms with E-state index in [1.54, 1.807) is 0 Å². The number of hydroxylamine groups is 1. The molecular weight excluding hydrogens is 369 g/mol. The lowest BCUT2D eigenvalue weighted by molar-refractivity contribution is 0.179. The Bertz CT molecular complexity index is 711. The van der Waals surface area contributed by atoms with Gasteiger partial charge in [0.05, 0.1) is 11.4 Å². The van der Waals surface area contributed by atoms with Gasteiger partial charge in [-0.25, -0.2) is 9.97 Å². The third-order valence-corrected chi connectivity index (χ3v) is 3.45. The van der Waals surface area contributed by atoms with Gasteiger partial charge in [-0.05, 0) is 41.3 Å². The second-order valence-electron chi connectivity index (χ2n) is 4.05. The largest absolute Gasteiger partial charge is 0.395 e. The topological polar surface area (TPSA) is 85.4 Å². The van der Waals surface area contributed by atoms with Crippen LogP contribution < -0.4 is 11.2 Å². The zero-order valence-corrected chi connectivity index (χ0v) is 12.5. The summed E-state index contributed by atoms with van der Waals surface area (Å²) in [7, 11) is 0. The number of halogens is 1. The SMILES string of the molecule is C=C1N=C(c2ncnc(-c3ccc(I)cc3)c2N)NO1. The molecule has 0 saturated carbocycles. The van der Waals surface area contributed by atoms with Crippen molar-refractivity contribution < 1.29 is 4.84 Å². The second-order valence-corrected chi connectivity index (χ2v) is 5.30. The van der Waals surface area contributed by atoms with Crippen molar-refractivity contribution in [1.82, 2.24) is 15.4 Å². The van der Waals surface area contributed by atoms with Crippen LogP contribution in [0.3, 0.4) is 0 Å². The third kappa shape index (κ3) is 2.31. The van der Waals surface area contributed by atoms with Crippen molar-refractivity contribution in [3.63, 3.8) is 0 Å². The molecule has 7 heteroatoms. The molecule has 0 aliphatic carbocycles. The van der Waals surface area contributed by atoms with Gasteiger partial charge in [-0.2, -0.15) is 10.5 Å². The molecule has 0 radical (unpaired) electrons. The van der Waals surface area contributed by atoms with Gasteiger partial charge in [0.15, 0.2) is 5.84 Å². The summed E-state index contributed by atoms with van der Waals surface area (Å²) in [4.78, 5) is 17.4. The number of nitrogens with one attached hydrogen (secondary N) is 1. The monoisotopic (exact) mass is 379 g/mol. The Morgan fingerprint density at radius 2 is 1.85 bits per heavy atom. The Kier molecular flexibility index (Phi) is 3.26. The van der Waals surface area contributed by atoms with Gasteiger partial charge in [0.2, 0.25) is 5.88 Å². The molecule has 0 amide bonds. The Morgan fingerprint density at radius 1 is 1.15 bits per heavy atom. The highest BCUT2D eigenvalue weighted by atomic mass is 127. The Balaban J connectivity index is 2.08. The van der Waals surface area contributed by atoms with E-state index in [1.165, 1.54) is 6.33 Å². The number of nitrogen functional groups attached to an aromatic ring is 1. The minimum absolute atomic E-state index is 0.272. The maximum Gasteiger partial charge on any atom is 0.240 e. The summed E-state index contributed by atoms with van der Waals surface area (Å²) in [6.45, 7) is 3.59. The van der Waals surface area contributed by atoms with Gasteiger partial charge in [-0.15, -0.1) is 0 Å². The summed E-state index contributed by atoms with van der Waals surface area (Å²) in [5.74, 6) is 0.704. The molecule has 6 nitrogen and oxygen atoms in total. The van der Waals surface area contributed by atoms with Crippen LogP contribution in [0, 0.1) is 3.57 Å². The van der Waals surface area contributed by atoms with Crippen LogP contribution in [0.15, 0.2) is 48.0 Å². The van der Waals surface area contributed by atoms with Crippen LogP contribution >= 0.6 is 22.6 Å². The number of nitrogens with two attached hydrogens (primary N) is 1. The normalized spacial score (nSPS) is 13.7. The average molecular weight is 379 g/mol. The molecule has 0 atom stereocenters. The molecule has 20 heavy (non-hydrogen) atoms. The molecule has 1 aliphatic heterocycles.